The molecule has 0 aromatic heterocycles. The molecule has 4 nitrogen and oxygen atoms in total. The number of rotatable bonds is 4. The van der Waals surface area contributed by atoms with Gasteiger partial charge in [-0.05, 0) is 28.6 Å². The van der Waals surface area contributed by atoms with Crippen molar-refractivity contribution >= 4 is 33.4 Å². The Morgan fingerprint density at radius 2 is 2.14 bits per heavy atom. The molecule has 2 amide bonds. The van der Waals surface area contributed by atoms with E-state index in [1.807, 2.05) is 29.2 Å². The normalized spacial score (nSPS) is 14.3. The minimum atomic E-state index is -0.278. The smallest absolute Gasteiger partial charge is 0.247 e. The van der Waals surface area contributed by atoms with Gasteiger partial charge in [-0.15, -0.1) is 0 Å². The number of hydrogen-bond acceptors (Lipinski definition) is 2. The first-order valence-electron chi connectivity index (χ1n) is 6.74. The third-order valence-corrected chi connectivity index (χ3v) is 4.03. The molecular formula is C16H17BrN2O2. The molecule has 0 radical (unpaired) electrons. The van der Waals surface area contributed by atoms with E-state index in [-0.39, 0.29) is 18.2 Å². The van der Waals surface area contributed by atoms with Crippen molar-refractivity contribution < 1.29 is 9.59 Å². The zero-order valence-electron chi connectivity index (χ0n) is 11.6. The van der Waals surface area contributed by atoms with Crippen molar-refractivity contribution in [2.24, 2.45) is 0 Å². The van der Waals surface area contributed by atoms with Crippen LogP contribution in [0.1, 0.15) is 12.0 Å². The lowest BCUT2D eigenvalue weighted by Gasteiger charge is -2.25. The molecule has 1 aliphatic rings. The predicted octanol–water partition coefficient (Wildman–Crippen LogP) is 2.86. The van der Waals surface area contributed by atoms with Gasteiger partial charge in [0.15, 0.2) is 0 Å². The van der Waals surface area contributed by atoms with Crippen molar-refractivity contribution in [2.75, 3.05) is 18.4 Å². The largest absolute Gasteiger partial charge is 0.338 e. The first kappa shape index (κ1) is 15.5. The van der Waals surface area contributed by atoms with Crippen molar-refractivity contribution in [1.82, 2.24) is 4.90 Å². The van der Waals surface area contributed by atoms with Gasteiger partial charge in [0, 0.05) is 18.8 Å². The van der Waals surface area contributed by atoms with Gasteiger partial charge in [0.05, 0.1) is 6.42 Å². The predicted molar refractivity (Wildman–Crippen MR) is 87.2 cm³/mol. The molecule has 0 aliphatic carbocycles. The second-order valence-electron chi connectivity index (χ2n) is 4.77. The number of carbonyl (C=O) groups is 2. The Labute approximate surface area is 132 Å². The number of nitrogens with zero attached hydrogens (tertiary/aromatic N) is 1. The SMILES string of the molecule is C=CC(=O)Nc1ccccc1CC(=O)N1CC=C(Br)CC1. The minimum absolute atomic E-state index is 0.0616. The Kier molecular flexibility index (Phi) is 5.33. The molecule has 1 heterocycles. The molecule has 0 bridgehead atoms. The van der Waals surface area contributed by atoms with Crippen molar-refractivity contribution in [3.05, 3.63) is 53.0 Å². The Bertz CT molecular complexity index is 596. The molecule has 1 N–H and O–H groups in total. The third kappa shape index (κ3) is 4.29. The van der Waals surface area contributed by atoms with Gasteiger partial charge in [0.2, 0.25) is 11.8 Å². The van der Waals surface area contributed by atoms with E-state index in [1.165, 1.54) is 6.08 Å². The molecule has 110 valence electrons. The number of benzene rings is 1. The molecule has 2 rings (SSSR count). The first-order chi connectivity index (χ1) is 10.1. The lowest BCUT2D eigenvalue weighted by molar-refractivity contribution is -0.130. The zero-order chi connectivity index (χ0) is 15.2. The molecule has 21 heavy (non-hydrogen) atoms. The molecule has 0 atom stereocenters. The quantitative estimate of drug-likeness (QED) is 0.850. The summed E-state index contributed by atoms with van der Waals surface area (Å²) in [7, 11) is 0. The zero-order valence-corrected chi connectivity index (χ0v) is 13.2. The van der Waals surface area contributed by atoms with Crippen LogP contribution >= 0.6 is 15.9 Å². The second-order valence-corrected chi connectivity index (χ2v) is 5.79. The van der Waals surface area contributed by atoms with Crippen LogP contribution < -0.4 is 5.32 Å². The maximum absolute atomic E-state index is 12.3. The third-order valence-electron chi connectivity index (χ3n) is 3.31. The van der Waals surface area contributed by atoms with E-state index in [1.54, 1.807) is 6.07 Å². The molecule has 5 heteroatoms. The number of hydrogen-bond donors (Lipinski definition) is 1. The van der Waals surface area contributed by atoms with Gasteiger partial charge in [-0.25, -0.2) is 0 Å². The summed E-state index contributed by atoms with van der Waals surface area (Å²) >= 11 is 3.44. The Morgan fingerprint density at radius 1 is 1.38 bits per heavy atom. The standard InChI is InChI=1S/C16H17BrN2O2/c1-2-15(20)18-14-6-4-3-5-12(14)11-16(21)19-9-7-13(17)8-10-19/h2-7H,1,8-11H2,(H,18,20). The number of anilines is 1. The van der Waals surface area contributed by atoms with Crippen LogP contribution in [0.5, 0.6) is 0 Å². The maximum Gasteiger partial charge on any atom is 0.247 e. The van der Waals surface area contributed by atoms with Crippen LogP contribution in [0.4, 0.5) is 5.69 Å². The van der Waals surface area contributed by atoms with Crippen LogP contribution in [0.15, 0.2) is 47.5 Å². The highest BCUT2D eigenvalue weighted by Gasteiger charge is 2.18. The highest BCUT2D eigenvalue weighted by molar-refractivity contribution is 9.11. The monoisotopic (exact) mass is 348 g/mol. The average Bonchev–Trinajstić information content (AvgIpc) is 2.49. The molecule has 0 saturated carbocycles. The molecule has 1 aromatic rings. The first-order valence-corrected chi connectivity index (χ1v) is 7.53. The highest BCUT2D eigenvalue weighted by atomic mass is 79.9. The van der Waals surface area contributed by atoms with E-state index in [9.17, 15) is 9.59 Å². The summed E-state index contributed by atoms with van der Waals surface area (Å²) in [6.45, 7) is 4.77. The second kappa shape index (κ2) is 7.22. The van der Waals surface area contributed by atoms with Gasteiger partial charge in [-0.3, -0.25) is 9.59 Å². The Balaban J connectivity index is 2.07. The maximum atomic E-state index is 12.3. The summed E-state index contributed by atoms with van der Waals surface area (Å²) in [5.41, 5.74) is 1.47. The Hall–Kier alpha value is -1.88. The van der Waals surface area contributed by atoms with Crippen LogP contribution in [0.25, 0.3) is 0 Å². The number of para-hydroxylation sites is 1. The van der Waals surface area contributed by atoms with Crippen molar-refractivity contribution in [3.8, 4) is 0 Å². The van der Waals surface area contributed by atoms with Gasteiger partial charge in [-0.2, -0.15) is 0 Å². The van der Waals surface area contributed by atoms with Crippen molar-refractivity contribution in [3.63, 3.8) is 0 Å². The van der Waals surface area contributed by atoms with E-state index in [2.05, 4.69) is 27.8 Å². The number of amides is 2. The molecule has 0 saturated heterocycles. The minimum Gasteiger partial charge on any atom is -0.338 e. The van der Waals surface area contributed by atoms with Crippen LogP contribution in [0, 0.1) is 0 Å². The van der Waals surface area contributed by atoms with Gasteiger partial charge < -0.3 is 10.2 Å². The number of halogens is 1. The lowest BCUT2D eigenvalue weighted by Crippen LogP contribution is -2.35. The van der Waals surface area contributed by atoms with Crippen LogP contribution in [-0.2, 0) is 16.0 Å². The van der Waals surface area contributed by atoms with Gasteiger partial charge in [-0.1, -0.05) is 46.8 Å². The van der Waals surface area contributed by atoms with Crippen LogP contribution in [0.3, 0.4) is 0 Å². The summed E-state index contributed by atoms with van der Waals surface area (Å²) in [5.74, 6) is -0.216. The summed E-state index contributed by atoms with van der Waals surface area (Å²) in [6, 6.07) is 7.33. The van der Waals surface area contributed by atoms with Gasteiger partial charge >= 0.3 is 0 Å². The fourth-order valence-corrected chi connectivity index (χ4v) is 2.45. The molecule has 1 aliphatic heterocycles. The van der Waals surface area contributed by atoms with Crippen molar-refractivity contribution in [2.45, 2.75) is 12.8 Å². The van der Waals surface area contributed by atoms with E-state index in [0.717, 1.165) is 23.0 Å². The number of nitrogens with one attached hydrogen (secondary N) is 1. The summed E-state index contributed by atoms with van der Waals surface area (Å²) in [4.78, 5) is 25.6. The van der Waals surface area contributed by atoms with Crippen molar-refractivity contribution in [1.29, 1.82) is 0 Å². The van der Waals surface area contributed by atoms with E-state index in [4.69, 9.17) is 0 Å². The molecular weight excluding hydrogens is 332 g/mol. The molecule has 1 aromatic carbocycles. The van der Waals surface area contributed by atoms with Gasteiger partial charge in [0.1, 0.15) is 0 Å². The molecule has 0 unspecified atom stereocenters. The average molecular weight is 349 g/mol. The lowest BCUT2D eigenvalue weighted by atomic mass is 10.1. The summed E-state index contributed by atoms with van der Waals surface area (Å²) in [5, 5.41) is 2.73. The number of carbonyl (C=O) groups excluding carboxylic acids is 2. The fraction of sp³-hybridized carbons (Fsp3) is 0.250. The van der Waals surface area contributed by atoms with E-state index in [0.29, 0.717) is 12.2 Å². The van der Waals surface area contributed by atoms with E-state index < -0.39 is 0 Å². The summed E-state index contributed by atoms with van der Waals surface area (Å²) < 4.78 is 1.14. The van der Waals surface area contributed by atoms with Crippen LogP contribution in [-0.4, -0.2) is 29.8 Å². The Morgan fingerprint density at radius 3 is 2.81 bits per heavy atom. The molecule has 0 spiro atoms. The molecule has 0 fully saturated rings. The topological polar surface area (TPSA) is 49.4 Å². The summed E-state index contributed by atoms with van der Waals surface area (Å²) in [6.07, 6.45) is 4.35. The van der Waals surface area contributed by atoms with Crippen LogP contribution in [0.2, 0.25) is 0 Å². The highest BCUT2D eigenvalue weighted by Crippen LogP contribution is 2.20. The van der Waals surface area contributed by atoms with Gasteiger partial charge in [0.25, 0.3) is 0 Å². The fourth-order valence-electron chi connectivity index (χ4n) is 2.13. The van der Waals surface area contributed by atoms with E-state index >= 15 is 0 Å².